The van der Waals surface area contributed by atoms with Gasteiger partial charge in [-0.15, -0.1) is 0 Å². The highest BCUT2D eigenvalue weighted by Gasteiger charge is 2.31. The smallest absolute Gasteiger partial charge is 0.151 e. The number of sulfone groups is 1. The second kappa shape index (κ2) is 4.34. The summed E-state index contributed by atoms with van der Waals surface area (Å²) in [6.07, 6.45) is 2.34. The molecule has 1 saturated heterocycles. The summed E-state index contributed by atoms with van der Waals surface area (Å²) in [5, 5.41) is 0. The van der Waals surface area contributed by atoms with Crippen LogP contribution in [-0.2, 0) is 9.84 Å². The maximum Gasteiger partial charge on any atom is 0.151 e. The molecule has 94 valence electrons. The molecule has 0 aliphatic carbocycles. The first-order valence-corrected chi connectivity index (χ1v) is 7.50. The highest BCUT2D eigenvalue weighted by atomic mass is 32.2. The first kappa shape index (κ1) is 12.4. The summed E-state index contributed by atoms with van der Waals surface area (Å²) in [5.41, 5.74) is 7.54. The number of aromatic nitrogens is 2. The molecule has 1 fully saturated rings. The normalized spacial score (nSPS) is 24.8. The number of hydrogen-bond acceptors (Lipinski definition) is 5. The van der Waals surface area contributed by atoms with E-state index in [0.717, 1.165) is 11.3 Å². The minimum atomic E-state index is -2.89. The number of hydrogen-bond donors (Lipinski definition) is 1. The fourth-order valence-corrected chi connectivity index (χ4v) is 3.88. The fraction of sp³-hybridized carbons (Fsp3) is 0.636. The molecule has 0 spiro atoms. The maximum absolute atomic E-state index is 11.4. The van der Waals surface area contributed by atoms with Crippen LogP contribution < -0.4 is 5.73 Å². The van der Waals surface area contributed by atoms with Crippen LogP contribution in [0, 0.1) is 6.92 Å². The molecule has 1 aromatic rings. The molecule has 1 aliphatic heterocycles. The standard InChI is InChI=1S/C11H17N3O2S/c1-7(12)10-5-13-11(14-8(10)2)9-3-4-17(15,16)6-9/h5,7,9H,3-4,6,12H2,1-2H3/t7-,9?/m1/s1. The number of nitrogens with zero attached hydrogens (tertiary/aromatic N) is 2. The molecule has 1 aromatic heterocycles. The van der Waals surface area contributed by atoms with Crippen molar-refractivity contribution in [3.63, 3.8) is 0 Å². The monoisotopic (exact) mass is 255 g/mol. The molecule has 2 heterocycles. The van der Waals surface area contributed by atoms with E-state index in [1.54, 1.807) is 6.20 Å². The summed E-state index contributed by atoms with van der Waals surface area (Å²) in [6, 6.07) is -0.101. The van der Waals surface area contributed by atoms with E-state index in [0.29, 0.717) is 12.2 Å². The number of rotatable bonds is 2. The van der Waals surface area contributed by atoms with Crippen LogP contribution in [-0.4, -0.2) is 29.9 Å². The summed E-state index contributed by atoms with van der Waals surface area (Å²) >= 11 is 0. The van der Waals surface area contributed by atoms with Crippen molar-refractivity contribution in [3.8, 4) is 0 Å². The van der Waals surface area contributed by atoms with Crippen molar-refractivity contribution in [2.75, 3.05) is 11.5 Å². The average molecular weight is 255 g/mol. The molecule has 0 saturated carbocycles. The molecule has 1 unspecified atom stereocenters. The third-order valence-electron chi connectivity index (χ3n) is 3.12. The van der Waals surface area contributed by atoms with Gasteiger partial charge < -0.3 is 5.73 Å². The predicted octanol–water partition coefficient (Wildman–Crippen LogP) is 0.707. The van der Waals surface area contributed by atoms with Gasteiger partial charge in [0.15, 0.2) is 9.84 Å². The lowest BCUT2D eigenvalue weighted by Crippen LogP contribution is -2.13. The Morgan fingerprint density at radius 2 is 2.24 bits per heavy atom. The van der Waals surface area contributed by atoms with Crippen molar-refractivity contribution in [1.29, 1.82) is 0 Å². The zero-order chi connectivity index (χ0) is 12.6. The van der Waals surface area contributed by atoms with Crippen LogP contribution in [0.3, 0.4) is 0 Å². The Balaban J connectivity index is 2.27. The Kier molecular flexibility index (Phi) is 3.18. The zero-order valence-electron chi connectivity index (χ0n) is 10.0. The van der Waals surface area contributed by atoms with Crippen LogP contribution in [0.4, 0.5) is 0 Å². The van der Waals surface area contributed by atoms with Crippen molar-refractivity contribution in [3.05, 3.63) is 23.3 Å². The zero-order valence-corrected chi connectivity index (χ0v) is 10.9. The average Bonchev–Trinajstić information content (AvgIpc) is 2.58. The van der Waals surface area contributed by atoms with E-state index in [9.17, 15) is 8.42 Å². The van der Waals surface area contributed by atoms with Gasteiger partial charge in [0, 0.05) is 29.4 Å². The molecule has 6 heteroatoms. The molecule has 5 nitrogen and oxygen atoms in total. The largest absolute Gasteiger partial charge is 0.324 e. The van der Waals surface area contributed by atoms with E-state index in [-0.39, 0.29) is 23.5 Å². The summed E-state index contributed by atoms with van der Waals surface area (Å²) < 4.78 is 22.8. The number of nitrogens with two attached hydrogens (primary N) is 1. The summed E-state index contributed by atoms with van der Waals surface area (Å²) in [6.45, 7) is 3.76. The Labute approximate surface area is 101 Å². The van der Waals surface area contributed by atoms with E-state index in [4.69, 9.17) is 5.73 Å². The van der Waals surface area contributed by atoms with Crippen LogP contribution in [0.15, 0.2) is 6.20 Å². The molecule has 0 bridgehead atoms. The Morgan fingerprint density at radius 3 is 2.71 bits per heavy atom. The molecule has 2 rings (SSSR count). The SMILES string of the molecule is Cc1nc(C2CCS(=O)(=O)C2)ncc1[C@@H](C)N. The lowest BCUT2D eigenvalue weighted by molar-refractivity contribution is 0.601. The van der Waals surface area contributed by atoms with E-state index in [1.807, 2.05) is 13.8 Å². The third-order valence-corrected chi connectivity index (χ3v) is 4.89. The number of aryl methyl sites for hydroxylation is 1. The quantitative estimate of drug-likeness (QED) is 0.841. The van der Waals surface area contributed by atoms with Crippen LogP contribution in [0.2, 0.25) is 0 Å². The van der Waals surface area contributed by atoms with E-state index >= 15 is 0 Å². The molecule has 0 amide bonds. The first-order valence-electron chi connectivity index (χ1n) is 5.68. The van der Waals surface area contributed by atoms with E-state index in [1.165, 1.54) is 0 Å². The van der Waals surface area contributed by atoms with Gasteiger partial charge in [0.05, 0.1) is 11.5 Å². The van der Waals surface area contributed by atoms with Gasteiger partial charge in [-0.1, -0.05) is 0 Å². The lowest BCUT2D eigenvalue weighted by atomic mass is 10.1. The van der Waals surface area contributed by atoms with Crippen LogP contribution >= 0.6 is 0 Å². The maximum atomic E-state index is 11.4. The minimum Gasteiger partial charge on any atom is -0.324 e. The topological polar surface area (TPSA) is 85.9 Å². The van der Waals surface area contributed by atoms with Gasteiger partial charge in [0.25, 0.3) is 0 Å². The minimum absolute atomic E-state index is 0.0548. The first-order chi connectivity index (χ1) is 7.89. The van der Waals surface area contributed by atoms with Crippen LogP contribution in [0.5, 0.6) is 0 Å². The van der Waals surface area contributed by atoms with Gasteiger partial charge in [0.2, 0.25) is 0 Å². The molecular weight excluding hydrogens is 238 g/mol. The lowest BCUT2D eigenvalue weighted by Gasteiger charge is -2.12. The van der Waals surface area contributed by atoms with Crippen molar-refractivity contribution in [2.24, 2.45) is 5.73 Å². The van der Waals surface area contributed by atoms with Gasteiger partial charge in [-0.05, 0) is 20.3 Å². The molecule has 0 aromatic carbocycles. The van der Waals surface area contributed by atoms with Gasteiger partial charge in [-0.3, -0.25) is 0 Å². The third kappa shape index (κ3) is 2.63. The van der Waals surface area contributed by atoms with Crippen molar-refractivity contribution < 1.29 is 8.42 Å². The van der Waals surface area contributed by atoms with E-state index in [2.05, 4.69) is 9.97 Å². The van der Waals surface area contributed by atoms with E-state index < -0.39 is 9.84 Å². The highest BCUT2D eigenvalue weighted by Crippen LogP contribution is 2.27. The van der Waals surface area contributed by atoms with Crippen molar-refractivity contribution in [1.82, 2.24) is 9.97 Å². The molecular formula is C11H17N3O2S. The van der Waals surface area contributed by atoms with Gasteiger partial charge in [0.1, 0.15) is 5.82 Å². The molecule has 1 aliphatic rings. The van der Waals surface area contributed by atoms with Crippen LogP contribution in [0.25, 0.3) is 0 Å². The molecule has 2 N–H and O–H groups in total. The Hall–Kier alpha value is -1.01. The fourth-order valence-electron chi connectivity index (χ4n) is 2.14. The molecule has 0 radical (unpaired) electrons. The predicted molar refractivity (Wildman–Crippen MR) is 65.4 cm³/mol. The molecule has 2 atom stereocenters. The Bertz CT molecular complexity index is 526. The van der Waals surface area contributed by atoms with Gasteiger partial charge in [-0.25, -0.2) is 18.4 Å². The van der Waals surface area contributed by atoms with Crippen molar-refractivity contribution >= 4 is 9.84 Å². The molecule has 17 heavy (non-hydrogen) atoms. The summed E-state index contributed by atoms with van der Waals surface area (Å²) in [4.78, 5) is 8.64. The summed E-state index contributed by atoms with van der Waals surface area (Å²) in [7, 11) is -2.89. The second-order valence-corrected chi connectivity index (χ2v) is 6.89. The van der Waals surface area contributed by atoms with Crippen molar-refractivity contribution in [2.45, 2.75) is 32.2 Å². The highest BCUT2D eigenvalue weighted by molar-refractivity contribution is 7.91. The second-order valence-electron chi connectivity index (χ2n) is 4.66. The van der Waals surface area contributed by atoms with Gasteiger partial charge >= 0.3 is 0 Å². The van der Waals surface area contributed by atoms with Crippen LogP contribution in [0.1, 0.15) is 42.4 Å². The Morgan fingerprint density at radius 1 is 1.53 bits per heavy atom. The van der Waals surface area contributed by atoms with Gasteiger partial charge in [-0.2, -0.15) is 0 Å². The summed E-state index contributed by atoms with van der Waals surface area (Å²) in [5.74, 6) is 0.993.